The maximum Gasteiger partial charge on any atom is 0.433 e. The molecule has 1 aliphatic heterocycles. The minimum absolute atomic E-state index is 0.112. The molecule has 198 valence electrons. The fourth-order valence-electron chi connectivity index (χ4n) is 4.74. The largest absolute Gasteiger partial charge is 0.433 e. The highest BCUT2D eigenvalue weighted by Crippen LogP contribution is 2.38. The monoisotopic (exact) mass is 534 g/mol. The number of para-hydroxylation sites is 2. The van der Waals surface area contributed by atoms with Crippen LogP contribution in [0.3, 0.4) is 0 Å². The van der Waals surface area contributed by atoms with Gasteiger partial charge in [0.2, 0.25) is 11.8 Å². The topological polar surface area (TPSA) is 78.1 Å². The number of hydrogen-bond donors (Lipinski definition) is 2. The van der Waals surface area contributed by atoms with Crippen molar-refractivity contribution in [2.24, 2.45) is 0 Å². The van der Waals surface area contributed by atoms with Gasteiger partial charge in [-0.15, -0.1) is 0 Å². The molecule has 1 saturated heterocycles. The van der Waals surface area contributed by atoms with E-state index in [1.165, 1.54) is 11.0 Å². The van der Waals surface area contributed by atoms with E-state index in [0.29, 0.717) is 12.1 Å². The first kappa shape index (κ1) is 25.6. The van der Waals surface area contributed by atoms with E-state index < -0.39 is 53.5 Å². The Morgan fingerprint density at radius 1 is 0.921 bits per heavy atom. The predicted octanol–water partition coefficient (Wildman–Crippen LogP) is 5.21. The van der Waals surface area contributed by atoms with Crippen LogP contribution in [-0.2, 0) is 34.9 Å². The second-order valence-electron chi connectivity index (χ2n) is 9.06. The highest BCUT2D eigenvalue weighted by molar-refractivity contribution is 5.92. The molecule has 0 bridgehead atoms. The molecule has 0 spiro atoms. The lowest BCUT2D eigenvalue weighted by molar-refractivity contribution is -0.142. The lowest BCUT2D eigenvalue weighted by atomic mass is 10.0. The maximum absolute atomic E-state index is 13.6. The molecule has 1 fully saturated rings. The van der Waals surface area contributed by atoms with E-state index >= 15 is 0 Å². The van der Waals surface area contributed by atoms with Gasteiger partial charge in [-0.25, -0.2) is 4.98 Å². The summed E-state index contributed by atoms with van der Waals surface area (Å²) in [5, 5.41) is 3.36. The van der Waals surface area contributed by atoms with Crippen molar-refractivity contribution >= 4 is 33.6 Å². The number of nitrogens with zero attached hydrogens (tertiary/aromatic N) is 2. The van der Waals surface area contributed by atoms with Crippen molar-refractivity contribution in [2.75, 3.05) is 6.54 Å². The van der Waals surface area contributed by atoms with Gasteiger partial charge in [0.15, 0.2) is 0 Å². The number of aromatic nitrogens is 2. The summed E-state index contributed by atoms with van der Waals surface area (Å²) in [5.41, 5.74) is -2.22. The zero-order chi connectivity index (χ0) is 27.2. The molecule has 0 radical (unpaired) electrons. The second kappa shape index (κ2) is 9.34. The first-order chi connectivity index (χ1) is 17.9. The van der Waals surface area contributed by atoms with Crippen LogP contribution in [0, 0.1) is 0 Å². The van der Waals surface area contributed by atoms with Crippen molar-refractivity contribution in [3.05, 3.63) is 77.1 Å². The summed E-state index contributed by atoms with van der Waals surface area (Å²) in [4.78, 5) is 33.5. The van der Waals surface area contributed by atoms with E-state index in [9.17, 15) is 35.9 Å². The third-order valence-corrected chi connectivity index (χ3v) is 6.53. The van der Waals surface area contributed by atoms with Gasteiger partial charge in [-0.2, -0.15) is 26.3 Å². The van der Waals surface area contributed by atoms with Crippen LogP contribution in [0.1, 0.15) is 28.8 Å². The number of H-pyrrole nitrogens is 1. The molecule has 0 aliphatic carbocycles. The van der Waals surface area contributed by atoms with Gasteiger partial charge in [0.05, 0.1) is 11.1 Å². The summed E-state index contributed by atoms with van der Waals surface area (Å²) in [6.07, 6.45) is -8.23. The molecule has 12 heteroatoms. The Hall–Kier alpha value is -4.09. The molecular formula is C26H20F6N4O2. The Morgan fingerprint density at radius 2 is 1.66 bits per heavy atom. The molecule has 1 aliphatic rings. The maximum atomic E-state index is 13.6. The van der Waals surface area contributed by atoms with Gasteiger partial charge >= 0.3 is 12.4 Å². The number of pyridine rings is 1. The Kier molecular flexibility index (Phi) is 6.28. The third kappa shape index (κ3) is 4.90. The van der Waals surface area contributed by atoms with Crippen LogP contribution in [0.15, 0.2) is 54.7 Å². The molecule has 2 amide bonds. The van der Waals surface area contributed by atoms with E-state index in [1.54, 1.807) is 6.20 Å². The fraction of sp³-hybridized carbons (Fsp3) is 0.269. The highest BCUT2D eigenvalue weighted by atomic mass is 19.4. The van der Waals surface area contributed by atoms with Crippen LogP contribution in [0.5, 0.6) is 0 Å². The second-order valence-corrected chi connectivity index (χ2v) is 9.06. The number of benzene rings is 2. The van der Waals surface area contributed by atoms with E-state index in [4.69, 9.17) is 0 Å². The molecule has 0 unspecified atom stereocenters. The number of carbonyl (C=O) groups is 2. The molecule has 4 aromatic rings. The number of amides is 2. The Morgan fingerprint density at radius 3 is 2.39 bits per heavy atom. The van der Waals surface area contributed by atoms with Crippen molar-refractivity contribution < 1.29 is 35.9 Å². The number of nitrogens with one attached hydrogen (secondary N) is 2. The molecule has 38 heavy (non-hydrogen) atoms. The Balaban J connectivity index is 1.53. The van der Waals surface area contributed by atoms with E-state index in [-0.39, 0.29) is 30.3 Å². The van der Waals surface area contributed by atoms with Crippen molar-refractivity contribution in [1.29, 1.82) is 0 Å². The number of rotatable bonds is 4. The molecule has 2 aromatic carbocycles. The first-order valence-corrected chi connectivity index (χ1v) is 11.6. The summed E-state index contributed by atoms with van der Waals surface area (Å²) < 4.78 is 81.7. The number of aromatic amines is 1. The van der Waals surface area contributed by atoms with Crippen molar-refractivity contribution in [2.45, 2.75) is 37.8 Å². The molecule has 1 atom stereocenters. The molecule has 6 nitrogen and oxygen atoms in total. The zero-order valence-corrected chi connectivity index (χ0v) is 19.6. The summed E-state index contributed by atoms with van der Waals surface area (Å²) in [5.74, 6) is -0.966. The summed E-state index contributed by atoms with van der Waals surface area (Å²) >= 11 is 0. The zero-order valence-electron chi connectivity index (χ0n) is 19.6. The number of fused-ring (bicyclic) bond motifs is 2. The standard InChI is InChI=1S/C26H20F6N4O2/c27-25(28,29)18-6-3-5-17-15(11-21(26(30,31)32)35-23(17)18)13-36-9-8-22(37)34-20(24(36)38)10-14-12-33-19-7-2-1-4-16(14)19/h1-7,11-12,20,33H,8-10,13H2,(H,34,37)/t20-/m0/s1. The average Bonchev–Trinajstić information content (AvgIpc) is 3.21. The molecule has 2 N–H and O–H groups in total. The Bertz CT molecular complexity index is 1540. The van der Waals surface area contributed by atoms with Crippen LogP contribution >= 0.6 is 0 Å². The minimum Gasteiger partial charge on any atom is -0.361 e. The number of hydrogen-bond acceptors (Lipinski definition) is 3. The SMILES string of the molecule is O=C1CCN(Cc2cc(C(F)(F)F)nc3c(C(F)(F)F)cccc23)C(=O)[C@H](Cc2c[nH]c3ccccc23)N1. The number of halogens is 6. The van der Waals surface area contributed by atoms with Crippen LogP contribution in [-0.4, -0.2) is 39.3 Å². The van der Waals surface area contributed by atoms with Gasteiger partial charge in [0.25, 0.3) is 0 Å². The summed E-state index contributed by atoms with van der Waals surface area (Å²) in [7, 11) is 0. The van der Waals surface area contributed by atoms with Gasteiger partial charge in [-0.05, 0) is 29.3 Å². The molecular weight excluding hydrogens is 514 g/mol. The van der Waals surface area contributed by atoms with Crippen molar-refractivity contribution in [1.82, 2.24) is 20.2 Å². The summed E-state index contributed by atoms with van der Waals surface area (Å²) in [6.45, 7) is -0.541. The van der Waals surface area contributed by atoms with Gasteiger partial charge in [-0.1, -0.05) is 30.3 Å². The van der Waals surface area contributed by atoms with Crippen LogP contribution < -0.4 is 5.32 Å². The number of alkyl halides is 6. The van der Waals surface area contributed by atoms with E-state index in [1.807, 2.05) is 24.3 Å². The summed E-state index contributed by atoms with van der Waals surface area (Å²) in [6, 6.07) is 9.98. The van der Waals surface area contributed by atoms with Gasteiger partial charge in [-0.3, -0.25) is 9.59 Å². The highest BCUT2D eigenvalue weighted by Gasteiger charge is 2.38. The van der Waals surface area contributed by atoms with Crippen LogP contribution in [0.25, 0.3) is 21.8 Å². The van der Waals surface area contributed by atoms with Crippen molar-refractivity contribution in [3.8, 4) is 0 Å². The van der Waals surface area contributed by atoms with Gasteiger partial charge in [0.1, 0.15) is 11.7 Å². The third-order valence-electron chi connectivity index (χ3n) is 6.53. The van der Waals surface area contributed by atoms with Crippen LogP contribution in [0.4, 0.5) is 26.3 Å². The molecule has 3 heterocycles. The quantitative estimate of drug-likeness (QED) is 0.353. The van der Waals surface area contributed by atoms with Crippen molar-refractivity contribution in [3.63, 3.8) is 0 Å². The number of carbonyl (C=O) groups excluding carboxylic acids is 2. The minimum atomic E-state index is -5.01. The van der Waals surface area contributed by atoms with Gasteiger partial charge < -0.3 is 15.2 Å². The predicted molar refractivity (Wildman–Crippen MR) is 126 cm³/mol. The Labute approximate surface area is 211 Å². The van der Waals surface area contributed by atoms with Crippen LogP contribution in [0.2, 0.25) is 0 Å². The molecule has 5 rings (SSSR count). The lowest BCUT2D eigenvalue weighted by Crippen LogP contribution is -2.45. The average molecular weight is 534 g/mol. The van der Waals surface area contributed by atoms with E-state index in [2.05, 4.69) is 15.3 Å². The fourth-order valence-corrected chi connectivity index (χ4v) is 4.74. The normalized spacial score (nSPS) is 17.2. The lowest BCUT2D eigenvalue weighted by Gasteiger charge is -2.25. The molecule has 2 aromatic heterocycles. The van der Waals surface area contributed by atoms with Gasteiger partial charge in [0, 0.05) is 48.4 Å². The molecule has 0 saturated carbocycles. The van der Waals surface area contributed by atoms with E-state index in [0.717, 1.165) is 22.5 Å². The smallest absolute Gasteiger partial charge is 0.361 e. The first-order valence-electron chi connectivity index (χ1n) is 11.6.